The minimum Gasteiger partial charge on any atom is -0.396 e. The van der Waals surface area contributed by atoms with E-state index in [1.807, 2.05) is 0 Å². The van der Waals surface area contributed by atoms with E-state index in [2.05, 4.69) is 25.7 Å². The molecule has 3 atom stereocenters. The van der Waals surface area contributed by atoms with Gasteiger partial charge < -0.3 is 10.0 Å². The molecule has 1 rings (SSSR count). The molecule has 3 unspecified atom stereocenters. The molecular weight excluding hydrogens is 150 g/mol. The Balaban J connectivity index is 2.32. The molecular formula is C10H21NO. The lowest BCUT2D eigenvalue weighted by atomic mass is 10.1. The lowest BCUT2D eigenvalue weighted by Gasteiger charge is -2.23. The molecule has 0 aromatic rings. The number of aliphatic hydroxyl groups is 1. The SMILES string of the molecule is CC(CO)CN1CC(C)CC1C. The summed E-state index contributed by atoms with van der Waals surface area (Å²) in [4.78, 5) is 2.49. The molecule has 1 aliphatic heterocycles. The standard InChI is InChI=1S/C10H21NO/c1-8-4-10(3)11(5-8)6-9(2)7-12/h8-10,12H,4-7H2,1-3H3. The van der Waals surface area contributed by atoms with Crippen LogP contribution in [0.4, 0.5) is 0 Å². The summed E-state index contributed by atoms with van der Waals surface area (Å²) in [6.07, 6.45) is 1.32. The molecule has 1 N–H and O–H groups in total. The maximum atomic E-state index is 8.92. The number of nitrogens with zero attached hydrogens (tertiary/aromatic N) is 1. The molecule has 0 radical (unpaired) electrons. The van der Waals surface area contributed by atoms with Crippen molar-refractivity contribution in [2.24, 2.45) is 11.8 Å². The van der Waals surface area contributed by atoms with Crippen molar-refractivity contribution in [3.05, 3.63) is 0 Å². The Hall–Kier alpha value is -0.0800. The third-order valence-corrected chi connectivity index (χ3v) is 2.77. The van der Waals surface area contributed by atoms with Crippen molar-refractivity contribution in [3.8, 4) is 0 Å². The van der Waals surface area contributed by atoms with Gasteiger partial charge in [-0.3, -0.25) is 0 Å². The van der Waals surface area contributed by atoms with Crippen LogP contribution in [0.1, 0.15) is 27.2 Å². The summed E-state index contributed by atoms with van der Waals surface area (Å²) in [6, 6.07) is 0.717. The smallest absolute Gasteiger partial charge is 0.0468 e. The zero-order valence-corrected chi connectivity index (χ0v) is 8.45. The fraction of sp³-hybridized carbons (Fsp3) is 1.00. The molecule has 72 valence electrons. The second kappa shape index (κ2) is 4.24. The summed E-state index contributed by atoms with van der Waals surface area (Å²) in [5.74, 6) is 1.27. The maximum absolute atomic E-state index is 8.92. The van der Waals surface area contributed by atoms with Gasteiger partial charge in [0.15, 0.2) is 0 Å². The van der Waals surface area contributed by atoms with Crippen molar-refractivity contribution in [2.45, 2.75) is 33.2 Å². The van der Waals surface area contributed by atoms with E-state index in [4.69, 9.17) is 5.11 Å². The van der Waals surface area contributed by atoms with Gasteiger partial charge in [0, 0.05) is 25.7 Å². The fourth-order valence-electron chi connectivity index (χ4n) is 2.10. The summed E-state index contributed by atoms with van der Waals surface area (Å²) >= 11 is 0. The third-order valence-electron chi connectivity index (χ3n) is 2.77. The highest BCUT2D eigenvalue weighted by molar-refractivity contribution is 4.80. The summed E-state index contributed by atoms with van der Waals surface area (Å²) in [5, 5.41) is 8.92. The van der Waals surface area contributed by atoms with Crippen LogP contribution < -0.4 is 0 Å². The Morgan fingerprint density at radius 3 is 2.58 bits per heavy atom. The largest absolute Gasteiger partial charge is 0.396 e. The number of likely N-dealkylation sites (tertiary alicyclic amines) is 1. The lowest BCUT2D eigenvalue weighted by Crippen LogP contribution is -2.32. The molecule has 0 aromatic heterocycles. The van der Waals surface area contributed by atoms with E-state index in [0.717, 1.165) is 12.5 Å². The van der Waals surface area contributed by atoms with E-state index in [9.17, 15) is 0 Å². The summed E-state index contributed by atoms with van der Waals surface area (Å²) in [6.45, 7) is 9.29. The zero-order valence-electron chi connectivity index (χ0n) is 8.45. The van der Waals surface area contributed by atoms with Crippen LogP contribution in [0.15, 0.2) is 0 Å². The minimum atomic E-state index is 0.317. The van der Waals surface area contributed by atoms with Gasteiger partial charge in [-0.05, 0) is 25.2 Å². The van der Waals surface area contributed by atoms with Gasteiger partial charge >= 0.3 is 0 Å². The molecule has 0 bridgehead atoms. The fourth-order valence-corrected chi connectivity index (χ4v) is 2.10. The highest BCUT2D eigenvalue weighted by atomic mass is 16.3. The van der Waals surface area contributed by atoms with E-state index in [1.165, 1.54) is 13.0 Å². The van der Waals surface area contributed by atoms with Crippen LogP contribution in [0, 0.1) is 11.8 Å². The van der Waals surface area contributed by atoms with Crippen LogP contribution in [-0.4, -0.2) is 35.7 Å². The summed E-state index contributed by atoms with van der Waals surface area (Å²) in [7, 11) is 0. The van der Waals surface area contributed by atoms with Crippen molar-refractivity contribution < 1.29 is 5.11 Å². The van der Waals surface area contributed by atoms with E-state index < -0.39 is 0 Å². The first-order chi connectivity index (χ1) is 5.63. The monoisotopic (exact) mass is 171 g/mol. The Labute approximate surface area is 75.6 Å². The predicted octanol–water partition coefficient (Wildman–Crippen LogP) is 1.35. The molecule has 0 amide bonds. The molecule has 0 saturated carbocycles. The molecule has 1 fully saturated rings. The van der Waals surface area contributed by atoms with Gasteiger partial charge in [0.25, 0.3) is 0 Å². The molecule has 2 nitrogen and oxygen atoms in total. The van der Waals surface area contributed by atoms with Gasteiger partial charge in [0.1, 0.15) is 0 Å². The van der Waals surface area contributed by atoms with Crippen LogP contribution in [0.25, 0.3) is 0 Å². The highest BCUT2D eigenvalue weighted by Crippen LogP contribution is 2.22. The Morgan fingerprint density at radius 2 is 2.17 bits per heavy atom. The molecule has 2 heteroatoms. The molecule has 0 aliphatic carbocycles. The predicted molar refractivity (Wildman–Crippen MR) is 51.1 cm³/mol. The minimum absolute atomic E-state index is 0.317. The quantitative estimate of drug-likeness (QED) is 0.693. The Kier molecular flexibility index (Phi) is 3.53. The van der Waals surface area contributed by atoms with Crippen LogP contribution in [0.3, 0.4) is 0 Å². The second-order valence-corrected chi connectivity index (χ2v) is 4.43. The van der Waals surface area contributed by atoms with Crippen molar-refractivity contribution in [3.63, 3.8) is 0 Å². The Bertz CT molecular complexity index is 138. The van der Waals surface area contributed by atoms with Crippen molar-refractivity contribution in [2.75, 3.05) is 19.7 Å². The molecule has 1 saturated heterocycles. The first-order valence-corrected chi connectivity index (χ1v) is 4.98. The van der Waals surface area contributed by atoms with Gasteiger partial charge in [-0.25, -0.2) is 0 Å². The van der Waals surface area contributed by atoms with Crippen molar-refractivity contribution >= 4 is 0 Å². The van der Waals surface area contributed by atoms with E-state index in [1.54, 1.807) is 0 Å². The Morgan fingerprint density at radius 1 is 1.50 bits per heavy atom. The summed E-state index contributed by atoms with van der Waals surface area (Å²) < 4.78 is 0. The van der Waals surface area contributed by atoms with Gasteiger partial charge in [0.2, 0.25) is 0 Å². The number of aliphatic hydroxyl groups excluding tert-OH is 1. The first kappa shape index (κ1) is 10.0. The number of rotatable bonds is 3. The second-order valence-electron chi connectivity index (χ2n) is 4.43. The van der Waals surface area contributed by atoms with E-state index in [-0.39, 0.29) is 0 Å². The van der Waals surface area contributed by atoms with Gasteiger partial charge in [-0.2, -0.15) is 0 Å². The van der Waals surface area contributed by atoms with Crippen LogP contribution >= 0.6 is 0 Å². The van der Waals surface area contributed by atoms with Crippen molar-refractivity contribution in [1.29, 1.82) is 0 Å². The van der Waals surface area contributed by atoms with E-state index >= 15 is 0 Å². The van der Waals surface area contributed by atoms with Gasteiger partial charge in [-0.15, -0.1) is 0 Å². The molecule has 0 aromatic carbocycles. The maximum Gasteiger partial charge on any atom is 0.0468 e. The summed E-state index contributed by atoms with van der Waals surface area (Å²) in [5.41, 5.74) is 0. The lowest BCUT2D eigenvalue weighted by molar-refractivity contribution is 0.168. The topological polar surface area (TPSA) is 23.5 Å². The average molecular weight is 171 g/mol. The zero-order chi connectivity index (χ0) is 9.14. The number of hydrogen-bond acceptors (Lipinski definition) is 2. The van der Waals surface area contributed by atoms with E-state index in [0.29, 0.717) is 18.6 Å². The molecule has 1 aliphatic rings. The molecule has 1 heterocycles. The van der Waals surface area contributed by atoms with Crippen LogP contribution in [0.2, 0.25) is 0 Å². The van der Waals surface area contributed by atoms with Crippen LogP contribution in [0.5, 0.6) is 0 Å². The average Bonchev–Trinajstić information content (AvgIpc) is 2.30. The van der Waals surface area contributed by atoms with Crippen molar-refractivity contribution in [1.82, 2.24) is 4.90 Å². The third kappa shape index (κ3) is 2.46. The highest BCUT2D eigenvalue weighted by Gasteiger charge is 2.26. The first-order valence-electron chi connectivity index (χ1n) is 4.98. The number of hydrogen-bond donors (Lipinski definition) is 1. The molecule has 0 spiro atoms. The van der Waals surface area contributed by atoms with Gasteiger partial charge in [0.05, 0.1) is 0 Å². The molecule has 12 heavy (non-hydrogen) atoms. The van der Waals surface area contributed by atoms with Gasteiger partial charge in [-0.1, -0.05) is 13.8 Å². The van der Waals surface area contributed by atoms with Crippen LogP contribution in [-0.2, 0) is 0 Å². The normalized spacial score (nSPS) is 34.0.